The maximum Gasteiger partial charge on any atom is 0.258 e. The van der Waals surface area contributed by atoms with Gasteiger partial charge in [-0.1, -0.05) is 57.9 Å². The minimum Gasteiger partial charge on any atom is -0.365 e. The van der Waals surface area contributed by atoms with Crippen LogP contribution in [0.2, 0.25) is 0 Å². The number of aromatic nitrogens is 5. The molecule has 0 unspecified atom stereocenters. The predicted octanol–water partition coefficient (Wildman–Crippen LogP) is 3.88. The molecular weight excluding hydrogens is 354 g/mol. The smallest absolute Gasteiger partial charge is 0.258 e. The second kappa shape index (κ2) is 6.69. The number of ether oxygens (including phenoxy) is 1. The van der Waals surface area contributed by atoms with Crippen molar-refractivity contribution in [3.8, 4) is 23.0 Å². The maximum atomic E-state index is 6.07. The van der Waals surface area contributed by atoms with E-state index in [4.69, 9.17) is 9.26 Å². The van der Waals surface area contributed by atoms with Gasteiger partial charge >= 0.3 is 0 Å². The van der Waals surface area contributed by atoms with Crippen LogP contribution in [0.15, 0.2) is 53.1 Å². The summed E-state index contributed by atoms with van der Waals surface area (Å²) in [6.45, 7) is 5.11. The molecule has 2 aromatic carbocycles. The van der Waals surface area contributed by atoms with Gasteiger partial charge in [-0.3, -0.25) is 0 Å². The van der Waals surface area contributed by atoms with Gasteiger partial charge in [0.2, 0.25) is 5.82 Å². The van der Waals surface area contributed by atoms with E-state index >= 15 is 0 Å². The van der Waals surface area contributed by atoms with Crippen LogP contribution in [-0.2, 0) is 17.9 Å². The fourth-order valence-corrected chi connectivity index (χ4v) is 3.30. The molecule has 7 nitrogen and oxygen atoms in total. The van der Waals surface area contributed by atoms with E-state index < -0.39 is 0 Å². The Morgan fingerprint density at radius 1 is 0.964 bits per heavy atom. The highest BCUT2D eigenvalue weighted by atomic mass is 16.5. The van der Waals surface area contributed by atoms with E-state index in [1.54, 1.807) is 0 Å². The van der Waals surface area contributed by atoms with E-state index in [1.807, 2.05) is 35.9 Å². The second-order valence-electron chi connectivity index (χ2n) is 7.07. The Labute approximate surface area is 162 Å². The molecule has 3 heterocycles. The molecule has 0 bridgehead atoms. The molecule has 7 heteroatoms. The Balaban J connectivity index is 1.41. The zero-order chi connectivity index (χ0) is 19.1. The first kappa shape index (κ1) is 16.8. The van der Waals surface area contributed by atoms with Crippen molar-refractivity contribution in [2.45, 2.75) is 33.1 Å². The zero-order valence-corrected chi connectivity index (χ0v) is 15.7. The summed E-state index contributed by atoms with van der Waals surface area (Å²) in [7, 11) is 0. The van der Waals surface area contributed by atoms with Gasteiger partial charge in [-0.25, -0.2) is 4.68 Å². The lowest BCUT2D eigenvalue weighted by molar-refractivity contribution is -0.00112. The molecule has 0 saturated carbocycles. The molecule has 0 amide bonds. The molecule has 0 radical (unpaired) electrons. The number of rotatable bonds is 3. The number of benzene rings is 2. The summed E-state index contributed by atoms with van der Waals surface area (Å²) in [5, 5.41) is 12.7. The van der Waals surface area contributed by atoms with Gasteiger partial charge in [0.15, 0.2) is 5.69 Å². The Morgan fingerprint density at radius 2 is 1.68 bits per heavy atom. The first-order chi connectivity index (χ1) is 13.7. The monoisotopic (exact) mass is 373 g/mol. The van der Waals surface area contributed by atoms with Gasteiger partial charge in [0, 0.05) is 5.56 Å². The van der Waals surface area contributed by atoms with Crippen LogP contribution in [-0.4, -0.2) is 25.1 Å². The molecule has 0 aliphatic carbocycles. The number of hydrogen-bond donors (Lipinski definition) is 0. The Hall–Kier alpha value is -3.32. The molecule has 0 saturated heterocycles. The summed E-state index contributed by atoms with van der Waals surface area (Å²) in [6, 6.07) is 16.3. The summed E-state index contributed by atoms with van der Waals surface area (Å²) in [6.07, 6.45) is -0.0453. The molecule has 140 valence electrons. The van der Waals surface area contributed by atoms with Gasteiger partial charge in [-0.15, -0.1) is 5.10 Å². The van der Waals surface area contributed by atoms with E-state index in [9.17, 15) is 0 Å². The fraction of sp³-hybridized carbons (Fsp3) is 0.238. The Kier molecular flexibility index (Phi) is 4.02. The van der Waals surface area contributed by atoms with Crippen LogP contribution >= 0.6 is 0 Å². The van der Waals surface area contributed by atoms with Crippen LogP contribution in [0.3, 0.4) is 0 Å². The number of aryl methyl sites for hydroxylation is 2. The molecule has 5 rings (SSSR count). The fourth-order valence-electron chi connectivity index (χ4n) is 3.30. The summed E-state index contributed by atoms with van der Waals surface area (Å²) in [5.74, 6) is 0.889. The third kappa shape index (κ3) is 2.99. The SMILES string of the molecule is Cc1ccc(-c2nc(-c3nnn4c3CO[C@H](c3ccc(C)cc3)C4)no2)cc1. The van der Waals surface area contributed by atoms with Crippen LogP contribution in [0.5, 0.6) is 0 Å². The van der Waals surface area contributed by atoms with Crippen LogP contribution in [0.4, 0.5) is 0 Å². The first-order valence-electron chi connectivity index (χ1n) is 9.19. The molecular formula is C21H19N5O2. The molecule has 0 spiro atoms. The summed E-state index contributed by atoms with van der Waals surface area (Å²) >= 11 is 0. The van der Waals surface area contributed by atoms with Crippen LogP contribution in [0.1, 0.15) is 28.5 Å². The van der Waals surface area contributed by atoms with Crippen molar-refractivity contribution in [1.29, 1.82) is 0 Å². The quantitative estimate of drug-likeness (QED) is 0.542. The van der Waals surface area contributed by atoms with Gasteiger partial charge in [0.05, 0.1) is 18.8 Å². The average Bonchev–Trinajstić information content (AvgIpc) is 3.35. The van der Waals surface area contributed by atoms with Gasteiger partial charge in [-0.2, -0.15) is 4.98 Å². The second-order valence-corrected chi connectivity index (χ2v) is 7.07. The zero-order valence-electron chi connectivity index (χ0n) is 15.7. The van der Waals surface area contributed by atoms with E-state index in [0.29, 0.717) is 30.6 Å². The van der Waals surface area contributed by atoms with E-state index in [-0.39, 0.29) is 6.10 Å². The van der Waals surface area contributed by atoms with Crippen molar-refractivity contribution in [3.05, 3.63) is 70.9 Å². The first-order valence-corrected chi connectivity index (χ1v) is 9.19. The lowest BCUT2D eigenvalue weighted by atomic mass is 10.1. The van der Waals surface area contributed by atoms with E-state index in [2.05, 4.69) is 51.6 Å². The molecule has 1 atom stereocenters. The lowest BCUT2D eigenvalue weighted by Gasteiger charge is -2.24. The highest BCUT2D eigenvalue weighted by molar-refractivity contribution is 5.58. The van der Waals surface area contributed by atoms with Crippen LogP contribution in [0, 0.1) is 13.8 Å². The predicted molar refractivity (Wildman–Crippen MR) is 102 cm³/mol. The molecule has 2 aromatic heterocycles. The molecule has 4 aromatic rings. The minimum absolute atomic E-state index is 0.0453. The average molecular weight is 373 g/mol. The normalized spacial score (nSPS) is 16.1. The Morgan fingerprint density at radius 3 is 2.43 bits per heavy atom. The van der Waals surface area contributed by atoms with Crippen LogP contribution in [0.25, 0.3) is 23.0 Å². The molecule has 1 aliphatic rings. The highest BCUT2D eigenvalue weighted by Gasteiger charge is 2.27. The standard InChI is InChI=1S/C21H19N5O2/c1-13-3-7-15(8-4-13)18-11-26-17(12-27-18)19(23-25-26)20-22-21(28-24-20)16-9-5-14(2)6-10-16/h3-10,18H,11-12H2,1-2H3/t18-/m0/s1. The van der Waals surface area contributed by atoms with Crippen molar-refractivity contribution in [2.24, 2.45) is 0 Å². The summed E-state index contributed by atoms with van der Waals surface area (Å²) in [5.41, 5.74) is 5.88. The number of hydrogen-bond acceptors (Lipinski definition) is 6. The number of nitrogens with zero attached hydrogens (tertiary/aromatic N) is 5. The van der Waals surface area contributed by atoms with Crippen LogP contribution < -0.4 is 0 Å². The van der Waals surface area contributed by atoms with Crippen molar-refractivity contribution in [1.82, 2.24) is 25.1 Å². The molecule has 28 heavy (non-hydrogen) atoms. The third-order valence-corrected chi connectivity index (χ3v) is 4.98. The van der Waals surface area contributed by atoms with Gasteiger partial charge in [0.1, 0.15) is 6.10 Å². The van der Waals surface area contributed by atoms with Gasteiger partial charge in [0.25, 0.3) is 5.89 Å². The van der Waals surface area contributed by atoms with E-state index in [1.165, 1.54) is 11.1 Å². The van der Waals surface area contributed by atoms with E-state index in [0.717, 1.165) is 16.8 Å². The van der Waals surface area contributed by atoms with Gasteiger partial charge < -0.3 is 9.26 Å². The maximum absolute atomic E-state index is 6.07. The van der Waals surface area contributed by atoms with Crippen molar-refractivity contribution >= 4 is 0 Å². The lowest BCUT2D eigenvalue weighted by Crippen LogP contribution is -2.22. The largest absolute Gasteiger partial charge is 0.365 e. The molecule has 1 aliphatic heterocycles. The topological polar surface area (TPSA) is 78.9 Å². The number of fused-ring (bicyclic) bond motifs is 1. The Bertz CT molecular complexity index is 1110. The highest BCUT2D eigenvalue weighted by Crippen LogP contribution is 2.30. The summed E-state index contributed by atoms with van der Waals surface area (Å²) in [4.78, 5) is 4.50. The van der Waals surface area contributed by atoms with Gasteiger partial charge in [-0.05, 0) is 31.5 Å². The van der Waals surface area contributed by atoms with Crippen molar-refractivity contribution in [2.75, 3.05) is 0 Å². The van der Waals surface area contributed by atoms with Crippen molar-refractivity contribution in [3.63, 3.8) is 0 Å². The minimum atomic E-state index is -0.0453. The molecule has 0 fully saturated rings. The molecule has 0 N–H and O–H groups in total. The van der Waals surface area contributed by atoms with Crippen molar-refractivity contribution < 1.29 is 9.26 Å². The summed E-state index contributed by atoms with van der Waals surface area (Å²) < 4.78 is 13.4. The third-order valence-electron chi connectivity index (χ3n) is 4.98.